The van der Waals surface area contributed by atoms with Crippen molar-refractivity contribution in [1.29, 1.82) is 0 Å². The monoisotopic (exact) mass is 225 g/mol. The summed E-state index contributed by atoms with van der Waals surface area (Å²) in [6.45, 7) is 0.735. The number of hydrogen-bond acceptors (Lipinski definition) is 1. The van der Waals surface area contributed by atoms with Crippen LogP contribution in [0, 0.1) is 17.5 Å². The zero-order valence-corrected chi connectivity index (χ0v) is 7.70. The van der Waals surface area contributed by atoms with E-state index in [1.165, 1.54) is 0 Å². The Balaban J connectivity index is 3.42. The molecule has 0 spiro atoms. The summed E-state index contributed by atoms with van der Waals surface area (Å²) in [6, 6.07) is 1.07. The van der Waals surface area contributed by atoms with Crippen LogP contribution in [0.2, 0.25) is 0 Å². The van der Waals surface area contributed by atoms with Crippen molar-refractivity contribution in [2.75, 3.05) is 0 Å². The summed E-state index contributed by atoms with van der Waals surface area (Å²) in [4.78, 5) is 0. The number of halogens is 5. The zero-order valence-electron chi connectivity index (χ0n) is 7.70. The molecule has 0 aliphatic carbocycles. The third kappa shape index (κ3) is 1.94. The fraction of sp³-hybridized carbons (Fsp3) is 0.333. The third-order valence-electron chi connectivity index (χ3n) is 2.04. The molecule has 0 amide bonds. The second kappa shape index (κ2) is 3.77. The number of hydrogen-bond donors (Lipinski definition) is 1. The molecular formula is C9H8F5N. The highest BCUT2D eigenvalue weighted by Crippen LogP contribution is 2.30. The molecule has 0 saturated carbocycles. The first kappa shape index (κ1) is 11.9. The lowest BCUT2D eigenvalue weighted by Gasteiger charge is -2.25. The fourth-order valence-corrected chi connectivity index (χ4v) is 1.13. The molecule has 0 heterocycles. The van der Waals surface area contributed by atoms with E-state index in [-0.39, 0.29) is 0 Å². The summed E-state index contributed by atoms with van der Waals surface area (Å²) in [6.07, 6.45) is -3.21. The summed E-state index contributed by atoms with van der Waals surface area (Å²) in [7, 11) is 0. The van der Waals surface area contributed by atoms with Gasteiger partial charge < -0.3 is 5.73 Å². The highest BCUT2D eigenvalue weighted by atomic mass is 19.3. The normalized spacial score (nSPS) is 15.5. The second-order valence-electron chi connectivity index (χ2n) is 3.30. The minimum absolute atomic E-state index is 0.510. The molecule has 0 saturated heterocycles. The first-order chi connectivity index (χ1) is 6.78. The molecule has 6 heteroatoms. The van der Waals surface area contributed by atoms with Crippen LogP contribution in [0.3, 0.4) is 0 Å². The predicted octanol–water partition coefficient (Wildman–Crippen LogP) is 2.54. The van der Waals surface area contributed by atoms with Gasteiger partial charge in [-0.15, -0.1) is 0 Å². The van der Waals surface area contributed by atoms with Crippen molar-refractivity contribution in [2.24, 2.45) is 5.73 Å². The first-order valence-electron chi connectivity index (χ1n) is 3.99. The summed E-state index contributed by atoms with van der Waals surface area (Å²) < 4.78 is 63.7. The van der Waals surface area contributed by atoms with Gasteiger partial charge in [-0.3, -0.25) is 0 Å². The minimum Gasteiger partial charge on any atom is -0.317 e. The molecule has 1 nitrogen and oxygen atoms in total. The molecule has 0 aliphatic rings. The number of alkyl halides is 2. The predicted molar refractivity (Wildman–Crippen MR) is 43.9 cm³/mol. The van der Waals surface area contributed by atoms with Crippen LogP contribution in [0.5, 0.6) is 0 Å². The Labute approximate surface area is 82.7 Å². The summed E-state index contributed by atoms with van der Waals surface area (Å²) in [5, 5.41) is 0. The molecule has 0 radical (unpaired) electrons. The Kier molecular flexibility index (Phi) is 2.99. The van der Waals surface area contributed by atoms with Crippen molar-refractivity contribution >= 4 is 0 Å². The van der Waals surface area contributed by atoms with E-state index in [0.717, 1.165) is 6.92 Å². The summed E-state index contributed by atoms with van der Waals surface area (Å²) in [5.74, 6) is -4.39. The quantitative estimate of drug-likeness (QED) is 0.607. The Morgan fingerprint density at radius 2 is 1.60 bits per heavy atom. The van der Waals surface area contributed by atoms with Gasteiger partial charge in [0.2, 0.25) is 0 Å². The van der Waals surface area contributed by atoms with Gasteiger partial charge in [0.1, 0.15) is 11.4 Å². The molecule has 1 unspecified atom stereocenters. The van der Waals surface area contributed by atoms with Crippen LogP contribution in [0.1, 0.15) is 12.5 Å². The lowest BCUT2D eigenvalue weighted by atomic mass is 9.92. The molecule has 2 N–H and O–H groups in total. The van der Waals surface area contributed by atoms with Gasteiger partial charge in [0.05, 0.1) is 5.56 Å². The van der Waals surface area contributed by atoms with Gasteiger partial charge in [0.15, 0.2) is 11.6 Å². The molecule has 84 valence electrons. The number of nitrogens with two attached hydrogens (primary N) is 1. The maximum Gasteiger partial charge on any atom is 0.260 e. The highest BCUT2D eigenvalue weighted by molar-refractivity contribution is 5.28. The molecule has 1 aromatic carbocycles. The molecule has 15 heavy (non-hydrogen) atoms. The molecule has 0 bridgehead atoms. The maximum absolute atomic E-state index is 13.1. The third-order valence-corrected chi connectivity index (χ3v) is 2.04. The van der Waals surface area contributed by atoms with Crippen molar-refractivity contribution in [3.05, 3.63) is 35.1 Å². The smallest absolute Gasteiger partial charge is 0.260 e. The van der Waals surface area contributed by atoms with E-state index in [2.05, 4.69) is 0 Å². The van der Waals surface area contributed by atoms with Gasteiger partial charge in [-0.25, -0.2) is 22.0 Å². The van der Waals surface area contributed by atoms with Gasteiger partial charge in [-0.05, 0) is 19.1 Å². The highest BCUT2D eigenvalue weighted by Gasteiger charge is 2.38. The van der Waals surface area contributed by atoms with E-state index < -0.39 is 35.0 Å². The fourth-order valence-electron chi connectivity index (χ4n) is 1.13. The van der Waals surface area contributed by atoms with E-state index in [4.69, 9.17) is 5.73 Å². The topological polar surface area (TPSA) is 26.0 Å². The molecule has 1 atom stereocenters. The van der Waals surface area contributed by atoms with Gasteiger partial charge in [-0.2, -0.15) is 0 Å². The molecule has 1 aromatic rings. The Morgan fingerprint density at radius 1 is 1.13 bits per heavy atom. The van der Waals surface area contributed by atoms with Crippen LogP contribution >= 0.6 is 0 Å². The number of rotatable bonds is 2. The van der Waals surface area contributed by atoms with Crippen molar-refractivity contribution in [1.82, 2.24) is 0 Å². The number of benzene rings is 1. The van der Waals surface area contributed by atoms with Crippen LogP contribution in [0.4, 0.5) is 22.0 Å². The molecule has 0 aromatic heterocycles. The Hall–Kier alpha value is -1.17. The van der Waals surface area contributed by atoms with Crippen molar-refractivity contribution < 1.29 is 22.0 Å². The van der Waals surface area contributed by atoms with Gasteiger partial charge in [-0.1, -0.05) is 0 Å². The van der Waals surface area contributed by atoms with Crippen molar-refractivity contribution in [3.63, 3.8) is 0 Å². The largest absolute Gasteiger partial charge is 0.317 e. The Morgan fingerprint density at radius 3 is 2.07 bits per heavy atom. The van der Waals surface area contributed by atoms with Crippen LogP contribution in [-0.2, 0) is 5.54 Å². The van der Waals surface area contributed by atoms with E-state index in [0.29, 0.717) is 12.1 Å². The average Bonchev–Trinajstić information content (AvgIpc) is 2.11. The van der Waals surface area contributed by atoms with Crippen molar-refractivity contribution in [3.8, 4) is 0 Å². The second-order valence-corrected chi connectivity index (χ2v) is 3.30. The SMILES string of the molecule is CC(N)(c1c(F)ccc(F)c1F)C(F)F. The van der Waals surface area contributed by atoms with Crippen LogP contribution in [0.25, 0.3) is 0 Å². The van der Waals surface area contributed by atoms with Crippen LogP contribution < -0.4 is 5.73 Å². The molecule has 1 rings (SSSR count). The van der Waals surface area contributed by atoms with Crippen molar-refractivity contribution in [2.45, 2.75) is 18.9 Å². The lowest BCUT2D eigenvalue weighted by molar-refractivity contribution is 0.0578. The standard InChI is InChI=1S/C9H8F5N/c1-9(15,8(13)14)6-4(10)2-3-5(11)7(6)12/h2-3,8H,15H2,1H3. The molecule has 0 fully saturated rings. The van der Waals surface area contributed by atoms with E-state index in [1.807, 2.05) is 0 Å². The van der Waals surface area contributed by atoms with Gasteiger partial charge in [0, 0.05) is 0 Å². The molecular weight excluding hydrogens is 217 g/mol. The molecule has 0 aliphatic heterocycles. The van der Waals surface area contributed by atoms with E-state index in [9.17, 15) is 22.0 Å². The van der Waals surface area contributed by atoms with Gasteiger partial charge >= 0.3 is 0 Å². The summed E-state index contributed by atoms with van der Waals surface area (Å²) in [5.41, 5.74) is 1.35. The first-order valence-corrected chi connectivity index (χ1v) is 3.99. The summed E-state index contributed by atoms with van der Waals surface area (Å²) >= 11 is 0. The zero-order chi connectivity index (χ0) is 11.8. The maximum atomic E-state index is 13.1. The minimum atomic E-state index is -3.21. The van der Waals surface area contributed by atoms with Crippen LogP contribution in [0.15, 0.2) is 12.1 Å². The van der Waals surface area contributed by atoms with E-state index in [1.54, 1.807) is 0 Å². The lowest BCUT2D eigenvalue weighted by Crippen LogP contribution is -2.42. The Bertz CT molecular complexity index is 375. The van der Waals surface area contributed by atoms with E-state index >= 15 is 0 Å². The average molecular weight is 225 g/mol. The van der Waals surface area contributed by atoms with Gasteiger partial charge in [0.25, 0.3) is 6.43 Å². The van der Waals surface area contributed by atoms with Crippen LogP contribution in [-0.4, -0.2) is 6.43 Å².